The molecule has 174 valence electrons. The molecule has 4 heteroatoms. The van der Waals surface area contributed by atoms with E-state index in [9.17, 15) is 10.2 Å². The van der Waals surface area contributed by atoms with Crippen molar-refractivity contribution in [2.75, 3.05) is 6.61 Å². The van der Waals surface area contributed by atoms with Crippen molar-refractivity contribution >= 4 is 8.32 Å². The first-order chi connectivity index (χ1) is 14.4. The second-order valence-corrected chi connectivity index (χ2v) is 17.2. The number of hydrogen-bond acceptors (Lipinski definition) is 3. The molecule has 0 amide bonds. The average Bonchev–Trinajstić information content (AvgIpc) is 2.96. The standard InChI is InChI=1S/C27H44O3Si/c1-25(2,3)31(5,6)30-20-9-11-21-19(18-20)8-10-23-22(21)12-15-26(4)24(23)13-16-27(26,29)14-7-17-28/h9,11,18,22-24,28-29H,7-8,10,12-17H2,1-6H3/t22-,23-,24+,26+,27+/m1/s1. The smallest absolute Gasteiger partial charge is 0.250 e. The predicted octanol–water partition coefficient (Wildman–Crippen LogP) is 6.43. The van der Waals surface area contributed by atoms with Gasteiger partial charge in [0.25, 0.3) is 0 Å². The Balaban J connectivity index is 1.55. The number of aliphatic hydroxyl groups excluding tert-OH is 1. The van der Waals surface area contributed by atoms with Crippen LogP contribution in [0.15, 0.2) is 18.2 Å². The van der Waals surface area contributed by atoms with E-state index >= 15 is 0 Å². The van der Waals surface area contributed by atoms with Gasteiger partial charge in [-0.3, -0.25) is 0 Å². The molecule has 0 heterocycles. The van der Waals surface area contributed by atoms with E-state index in [4.69, 9.17) is 4.43 Å². The summed E-state index contributed by atoms with van der Waals surface area (Å²) in [5.74, 6) is 2.97. The summed E-state index contributed by atoms with van der Waals surface area (Å²) in [6.45, 7) is 14.1. The molecule has 0 saturated heterocycles. The first kappa shape index (κ1) is 23.3. The van der Waals surface area contributed by atoms with Crippen molar-refractivity contribution < 1.29 is 14.6 Å². The maximum atomic E-state index is 11.5. The quantitative estimate of drug-likeness (QED) is 0.514. The summed E-state index contributed by atoms with van der Waals surface area (Å²) in [6, 6.07) is 6.93. The van der Waals surface area contributed by atoms with Crippen LogP contribution in [0.1, 0.15) is 89.7 Å². The van der Waals surface area contributed by atoms with Crippen LogP contribution in [0.3, 0.4) is 0 Å². The molecule has 5 atom stereocenters. The molecular formula is C27H44O3Si. The molecule has 1 aromatic carbocycles. The van der Waals surface area contributed by atoms with E-state index in [1.807, 2.05) is 0 Å². The van der Waals surface area contributed by atoms with Crippen molar-refractivity contribution in [3.05, 3.63) is 29.3 Å². The molecule has 3 aliphatic carbocycles. The first-order valence-electron chi connectivity index (χ1n) is 12.6. The molecule has 0 unspecified atom stereocenters. The number of hydrogen-bond donors (Lipinski definition) is 2. The fraction of sp³-hybridized carbons (Fsp3) is 0.778. The van der Waals surface area contributed by atoms with Gasteiger partial charge in [0.2, 0.25) is 8.32 Å². The van der Waals surface area contributed by atoms with Gasteiger partial charge in [0.1, 0.15) is 5.75 Å². The Morgan fingerprint density at radius 3 is 2.55 bits per heavy atom. The lowest BCUT2D eigenvalue weighted by molar-refractivity contribution is -0.109. The Morgan fingerprint density at radius 1 is 1.13 bits per heavy atom. The minimum Gasteiger partial charge on any atom is -0.543 e. The third kappa shape index (κ3) is 3.81. The van der Waals surface area contributed by atoms with Gasteiger partial charge in [-0.1, -0.05) is 33.8 Å². The van der Waals surface area contributed by atoms with E-state index in [1.54, 1.807) is 5.56 Å². The predicted molar refractivity (Wildman–Crippen MR) is 130 cm³/mol. The second-order valence-electron chi connectivity index (χ2n) is 12.5. The van der Waals surface area contributed by atoms with Gasteiger partial charge in [-0.15, -0.1) is 0 Å². The Morgan fingerprint density at radius 2 is 1.87 bits per heavy atom. The molecule has 0 aliphatic heterocycles. The summed E-state index contributed by atoms with van der Waals surface area (Å²) < 4.78 is 6.60. The minimum atomic E-state index is -1.83. The van der Waals surface area contributed by atoms with Crippen LogP contribution >= 0.6 is 0 Å². The molecule has 0 radical (unpaired) electrons. The van der Waals surface area contributed by atoms with Crippen LogP contribution in [-0.2, 0) is 6.42 Å². The number of fused-ring (bicyclic) bond motifs is 5. The highest BCUT2D eigenvalue weighted by atomic mass is 28.4. The maximum Gasteiger partial charge on any atom is 0.250 e. The van der Waals surface area contributed by atoms with Crippen molar-refractivity contribution in [2.45, 2.75) is 109 Å². The maximum absolute atomic E-state index is 11.5. The normalized spacial score (nSPS) is 35.3. The SMILES string of the molecule is CC(C)(C)[Si](C)(C)Oc1ccc2c(c1)CC[C@@H]1[C@@H]2CC[C@@]2(C)[C@H]1CC[C@@]2(O)CCCO. The summed E-state index contributed by atoms with van der Waals surface area (Å²) in [5, 5.41) is 21.1. The van der Waals surface area contributed by atoms with E-state index in [0.29, 0.717) is 24.2 Å². The lowest BCUT2D eigenvalue weighted by Crippen LogP contribution is -2.50. The van der Waals surface area contributed by atoms with Crippen LogP contribution in [0.4, 0.5) is 0 Å². The molecule has 2 fully saturated rings. The van der Waals surface area contributed by atoms with Gasteiger partial charge in [-0.05, 0) is 116 Å². The number of benzene rings is 1. The topological polar surface area (TPSA) is 49.7 Å². The second kappa shape index (κ2) is 7.88. The van der Waals surface area contributed by atoms with E-state index in [2.05, 4.69) is 59.0 Å². The molecule has 0 spiro atoms. The van der Waals surface area contributed by atoms with Gasteiger partial charge in [0.05, 0.1) is 5.60 Å². The fourth-order valence-electron chi connectivity index (χ4n) is 6.96. The Kier molecular flexibility index (Phi) is 5.93. The third-order valence-corrected chi connectivity index (χ3v) is 14.3. The molecule has 2 N–H and O–H groups in total. The molecule has 0 aromatic heterocycles. The van der Waals surface area contributed by atoms with Crippen molar-refractivity contribution in [3.63, 3.8) is 0 Å². The van der Waals surface area contributed by atoms with Crippen LogP contribution in [0, 0.1) is 17.3 Å². The van der Waals surface area contributed by atoms with Gasteiger partial charge in [-0.25, -0.2) is 0 Å². The Hall–Kier alpha value is -0.843. The summed E-state index contributed by atoms with van der Waals surface area (Å²) in [5.41, 5.74) is 2.46. The van der Waals surface area contributed by atoms with Crippen LogP contribution in [-0.4, -0.2) is 30.7 Å². The Bertz CT molecular complexity index is 813. The molecule has 4 rings (SSSR count). The Labute approximate surface area is 190 Å². The third-order valence-electron chi connectivity index (χ3n) is 9.95. The van der Waals surface area contributed by atoms with Crippen molar-refractivity contribution in [2.24, 2.45) is 17.3 Å². The number of aryl methyl sites for hydroxylation is 1. The molecule has 1 aromatic rings. The van der Waals surface area contributed by atoms with Gasteiger partial charge in [0, 0.05) is 6.61 Å². The van der Waals surface area contributed by atoms with Crippen LogP contribution in [0.25, 0.3) is 0 Å². The summed E-state index contributed by atoms with van der Waals surface area (Å²) in [4.78, 5) is 0. The van der Waals surface area contributed by atoms with Crippen molar-refractivity contribution in [1.29, 1.82) is 0 Å². The zero-order chi connectivity index (χ0) is 22.7. The van der Waals surface area contributed by atoms with Gasteiger partial charge < -0.3 is 14.6 Å². The van der Waals surface area contributed by atoms with Gasteiger partial charge >= 0.3 is 0 Å². The lowest BCUT2D eigenvalue weighted by Gasteiger charge is -2.53. The number of aliphatic hydroxyl groups is 2. The molecular weight excluding hydrogens is 400 g/mol. The van der Waals surface area contributed by atoms with Gasteiger partial charge in [-0.2, -0.15) is 0 Å². The lowest BCUT2D eigenvalue weighted by atomic mass is 9.53. The summed E-state index contributed by atoms with van der Waals surface area (Å²) >= 11 is 0. The van der Waals surface area contributed by atoms with Crippen molar-refractivity contribution in [1.82, 2.24) is 0 Å². The molecule has 31 heavy (non-hydrogen) atoms. The highest BCUT2D eigenvalue weighted by Gasteiger charge is 2.61. The van der Waals surface area contributed by atoms with Crippen molar-refractivity contribution in [3.8, 4) is 5.75 Å². The fourth-order valence-corrected chi connectivity index (χ4v) is 7.98. The summed E-state index contributed by atoms with van der Waals surface area (Å²) in [7, 11) is -1.83. The monoisotopic (exact) mass is 444 g/mol. The molecule has 3 nitrogen and oxygen atoms in total. The van der Waals surface area contributed by atoms with E-state index in [0.717, 1.165) is 37.9 Å². The number of rotatable bonds is 5. The zero-order valence-electron chi connectivity index (χ0n) is 20.6. The highest BCUT2D eigenvalue weighted by Crippen LogP contribution is 2.65. The van der Waals surface area contributed by atoms with Gasteiger partial charge in [0.15, 0.2) is 0 Å². The summed E-state index contributed by atoms with van der Waals surface area (Å²) in [6.07, 6.45) is 8.15. The van der Waals surface area contributed by atoms with Crippen LogP contribution in [0.5, 0.6) is 5.75 Å². The minimum absolute atomic E-state index is 0.00618. The van der Waals surface area contributed by atoms with E-state index < -0.39 is 13.9 Å². The highest BCUT2D eigenvalue weighted by molar-refractivity contribution is 6.74. The average molecular weight is 445 g/mol. The molecule has 0 bridgehead atoms. The van der Waals surface area contributed by atoms with E-state index in [1.165, 1.54) is 18.4 Å². The first-order valence-corrected chi connectivity index (χ1v) is 15.5. The molecule has 2 saturated carbocycles. The van der Waals surface area contributed by atoms with Crippen LogP contribution < -0.4 is 4.43 Å². The van der Waals surface area contributed by atoms with Crippen LogP contribution in [0.2, 0.25) is 18.1 Å². The molecule has 3 aliphatic rings. The largest absolute Gasteiger partial charge is 0.543 e. The van der Waals surface area contributed by atoms with E-state index in [-0.39, 0.29) is 17.1 Å². The zero-order valence-corrected chi connectivity index (χ0v) is 21.6.